The summed E-state index contributed by atoms with van der Waals surface area (Å²) in [5, 5.41) is 14.8. The SMILES string of the molecule is NNc1cc(F)c(F)cc1F.O=C(O)C(=O)O. The van der Waals surface area contributed by atoms with Gasteiger partial charge < -0.3 is 15.6 Å². The molecule has 0 fully saturated rings. The second-order valence-electron chi connectivity index (χ2n) is 2.50. The van der Waals surface area contributed by atoms with Crippen molar-refractivity contribution in [3.8, 4) is 0 Å². The highest BCUT2D eigenvalue weighted by Crippen LogP contribution is 2.16. The molecule has 94 valence electrons. The number of hydrogen-bond acceptors (Lipinski definition) is 4. The van der Waals surface area contributed by atoms with E-state index in [0.29, 0.717) is 12.1 Å². The Morgan fingerprint density at radius 3 is 1.76 bits per heavy atom. The van der Waals surface area contributed by atoms with Gasteiger partial charge in [0.1, 0.15) is 0 Å². The number of benzene rings is 1. The number of halogens is 3. The molecule has 0 atom stereocenters. The zero-order valence-electron chi connectivity index (χ0n) is 8.08. The van der Waals surface area contributed by atoms with E-state index in [1.807, 2.05) is 5.43 Å². The second kappa shape index (κ2) is 6.33. The number of hydrazine groups is 1. The standard InChI is InChI=1S/C6H5F3N2.C2H2O4/c7-3-1-5(9)6(11-10)2-4(3)8;3-1(4)2(5)6/h1-2,11H,10H2;(H,3,4)(H,5,6). The van der Waals surface area contributed by atoms with Gasteiger partial charge in [-0.1, -0.05) is 0 Å². The van der Waals surface area contributed by atoms with Crippen LogP contribution in [0.1, 0.15) is 0 Å². The number of hydrogen-bond donors (Lipinski definition) is 4. The summed E-state index contributed by atoms with van der Waals surface area (Å²) in [6.45, 7) is 0. The van der Waals surface area contributed by atoms with Crippen LogP contribution in [-0.2, 0) is 9.59 Å². The van der Waals surface area contributed by atoms with E-state index in [9.17, 15) is 13.2 Å². The number of nitrogens with one attached hydrogen (secondary N) is 1. The second-order valence-corrected chi connectivity index (χ2v) is 2.50. The minimum absolute atomic E-state index is 0.274. The zero-order valence-corrected chi connectivity index (χ0v) is 8.08. The van der Waals surface area contributed by atoms with Crippen molar-refractivity contribution in [3.05, 3.63) is 29.6 Å². The number of carboxylic acid groups (broad SMARTS) is 2. The van der Waals surface area contributed by atoms with Crippen molar-refractivity contribution >= 4 is 17.6 Å². The molecule has 0 aliphatic carbocycles. The van der Waals surface area contributed by atoms with Gasteiger partial charge in [0.05, 0.1) is 5.69 Å². The van der Waals surface area contributed by atoms with Crippen molar-refractivity contribution in [2.75, 3.05) is 5.43 Å². The molecule has 1 aromatic rings. The minimum Gasteiger partial charge on any atom is -0.473 e. The van der Waals surface area contributed by atoms with Crippen LogP contribution in [0.4, 0.5) is 18.9 Å². The van der Waals surface area contributed by atoms with Gasteiger partial charge in [0.2, 0.25) is 0 Å². The van der Waals surface area contributed by atoms with Crippen LogP contribution in [0.3, 0.4) is 0 Å². The van der Waals surface area contributed by atoms with Gasteiger partial charge in [-0.3, -0.25) is 5.84 Å². The lowest BCUT2D eigenvalue weighted by Gasteiger charge is -2.01. The largest absolute Gasteiger partial charge is 0.473 e. The number of anilines is 1. The number of nitrogen functional groups attached to an aromatic ring is 1. The van der Waals surface area contributed by atoms with Crippen LogP contribution in [0.5, 0.6) is 0 Å². The Bertz CT molecular complexity index is 427. The van der Waals surface area contributed by atoms with Gasteiger partial charge in [-0.25, -0.2) is 22.8 Å². The molecule has 9 heteroatoms. The summed E-state index contributed by atoms with van der Waals surface area (Å²) in [5.41, 5.74) is 1.61. The van der Waals surface area contributed by atoms with Crippen LogP contribution in [-0.4, -0.2) is 22.2 Å². The predicted molar refractivity (Wildman–Crippen MR) is 49.4 cm³/mol. The van der Waals surface area contributed by atoms with E-state index in [-0.39, 0.29) is 5.69 Å². The lowest BCUT2D eigenvalue weighted by molar-refractivity contribution is -0.159. The predicted octanol–water partition coefficient (Wildman–Crippen LogP) is 0.545. The molecular weight excluding hydrogens is 245 g/mol. The van der Waals surface area contributed by atoms with E-state index in [1.165, 1.54) is 0 Å². The fourth-order valence-electron chi connectivity index (χ4n) is 0.633. The number of carbonyl (C=O) groups is 2. The van der Waals surface area contributed by atoms with Gasteiger partial charge in [-0.15, -0.1) is 0 Å². The molecule has 0 heterocycles. The Balaban J connectivity index is 0.000000366. The molecule has 0 bridgehead atoms. The highest BCUT2D eigenvalue weighted by Gasteiger charge is 2.07. The molecule has 0 radical (unpaired) electrons. The van der Waals surface area contributed by atoms with Crippen molar-refractivity contribution in [1.29, 1.82) is 0 Å². The molecule has 0 amide bonds. The Morgan fingerprint density at radius 1 is 1.00 bits per heavy atom. The molecule has 1 rings (SSSR count). The third kappa shape index (κ3) is 4.84. The fraction of sp³-hybridized carbons (Fsp3) is 0. The quantitative estimate of drug-likeness (QED) is 0.251. The van der Waals surface area contributed by atoms with Gasteiger partial charge in [0.15, 0.2) is 17.5 Å². The molecule has 0 unspecified atom stereocenters. The Kier molecular flexibility index (Phi) is 5.47. The molecule has 0 spiro atoms. The van der Waals surface area contributed by atoms with Gasteiger partial charge in [-0.05, 0) is 0 Å². The highest BCUT2D eigenvalue weighted by molar-refractivity contribution is 6.27. The van der Waals surface area contributed by atoms with Crippen molar-refractivity contribution in [3.63, 3.8) is 0 Å². The first-order chi connectivity index (χ1) is 7.79. The lowest BCUT2D eigenvalue weighted by atomic mass is 10.3. The number of rotatable bonds is 1. The van der Waals surface area contributed by atoms with Crippen LogP contribution in [0.25, 0.3) is 0 Å². The first-order valence-corrected chi connectivity index (χ1v) is 3.87. The monoisotopic (exact) mass is 252 g/mol. The first kappa shape index (κ1) is 14.7. The fourth-order valence-corrected chi connectivity index (χ4v) is 0.633. The smallest absolute Gasteiger partial charge is 0.414 e. The van der Waals surface area contributed by atoms with Gasteiger partial charge in [0.25, 0.3) is 0 Å². The third-order valence-corrected chi connectivity index (χ3v) is 1.35. The van der Waals surface area contributed by atoms with Crippen molar-refractivity contribution < 1.29 is 33.0 Å². The summed E-state index contributed by atoms with van der Waals surface area (Å²) < 4.78 is 37.0. The molecule has 6 nitrogen and oxygen atoms in total. The number of nitrogens with two attached hydrogens (primary N) is 1. The van der Waals surface area contributed by atoms with Crippen molar-refractivity contribution in [1.82, 2.24) is 0 Å². The molecule has 0 aliphatic rings. The summed E-state index contributed by atoms with van der Waals surface area (Å²) in [7, 11) is 0. The van der Waals surface area contributed by atoms with Gasteiger partial charge in [-0.2, -0.15) is 0 Å². The Hall–Kier alpha value is -2.29. The third-order valence-electron chi connectivity index (χ3n) is 1.35. The van der Waals surface area contributed by atoms with Crippen LogP contribution >= 0.6 is 0 Å². The lowest BCUT2D eigenvalue weighted by Crippen LogP contribution is -2.09. The Labute approximate surface area is 92.4 Å². The highest BCUT2D eigenvalue weighted by atomic mass is 19.2. The van der Waals surface area contributed by atoms with E-state index in [2.05, 4.69) is 0 Å². The van der Waals surface area contributed by atoms with Crippen molar-refractivity contribution in [2.45, 2.75) is 0 Å². The molecule has 0 saturated heterocycles. The van der Waals surface area contributed by atoms with E-state index >= 15 is 0 Å². The normalized spacial score (nSPS) is 8.94. The minimum atomic E-state index is -1.82. The number of aliphatic carboxylic acids is 2. The van der Waals surface area contributed by atoms with Crippen LogP contribution in [0.2, 0.25) is 0 Å². The first-order valence-electron chi connectivity index (χ1n) is 3.87. The molecule has 5 N–H and O–H groups in total. The topological polar surface area (TPSA) is 113 Å². The van der Waals surface area contributed by atoms with Gasteiger partial charge >= 0.3 is 11.9 Å². The molecule has 0 saturated carbocycles. The van der Waals surface area contributed by atoms with Crippen LogP contribution in [0.15, 0.2) is 12.1 Å². The van der Waals surface area contributed by atoms with Gasteiger partial charge in [0, 0.05) is 12.1 Å². The van der Waals surface area contributed by atoms with Crippen LogP contribution < -0.4 is 11.3 Å². The molecule has 1 aromatic carbocycles. The molecule has 0 aliphatic heterocycles. The summed E-state index contributed by atoms with van der Waals surface area (Å²) in [6, 6.07) is 1.06. The van der Waals surface area contributed by atoms with E-state index < -0.39 is 29.4 Å². The van der Waals surface area contributed by atoms with E-state index in [1.54, 1.807) is 0 Å². The Morgan fingerprint density at radius 2 is 1.41 bits per heavy atom. The maximum Gasteiger partial charge on any atom is 0.414 e. The zero-order chi connectivity index (χ0) is 13.6. The summed E-state index contributed by atoms with van der Waals surface area (Å²) in [5.74, 6) is -2.16. The average molecular weight is 252 g/mol. The number of carboxylic acids is 2. The molecule has 17 heavy (non-hydrogen) atoms. The van der Waals surface area contributed by atoms with E-state index in [4.69, 9.17) is 25.6 Å². The molecular formula is C8H7F3N2O4. The summed E-state index contributed by atoms with van der Waals surface area (Å²) in [6.07, 6.45) is 0. The van der Waals surface area contributed by atoms with Crippen molar-refractivity contribution in [2.24, 2.45) is 5.84 Å². The summed E-state index contributed by atoms with van der Waals surface area (Å²) >= 11 is 0. The van der Waals surface area contributed by atoms with Crippen LogP contribution in [0, 0.1) is 17.5 Å². The maximum absolute atomic E-state index is 12.5. The molecule has 0 aromatic heterocycles. The maximum atomic E-state index is 12.5. The van der Waals surface area contributed by atoms with E-state index in [0.717, 1.165) is 0 Å². The average Bonchev–Trinajstić information content (AvgIpc) is 2.24. The summed E-state index contributed by atoms with van der Waals surface area (Å²) in [4.78, 5) is 18.2.